The van der Waals surface area contributed by atoms with E-state index in [1.54, 1.807) is 6.20 Å². The molecule has 0 spiro atoms. The topological polar surface area (TPSA) is 88.6 Å². The number of benzene rings is 1. The third kappa shape index (κ3) is 5.54. The monoisotopic (exact) mass is 435 g/mol. The van der Waals surface area contributed by atoms with Crippen LogP contribution in [0.25, 0.3) is 0 Å². The summed E-state index contributed by atoms with van der Waals surface area (Å²) in [4.78, 5) is 16.7. The Morgan fingerprint density at radius 3 is 2.77 bits per heavy atom. The van der Waals surface area contributed by atoms with Crippen molar-refractivity contribution in [2.75, 3.05) is 19.3 Å². The Morgan fingerprint density at radius 1 is 1.33 bits per heavy atom. The molecule has 1 N–H and O–H groups in total. The van der Waals surface area contributed by atoms with Gasteiger partial charge in [-0.2, -0.15) is 4.31 Å². The Hall–Kier alpha value is -2.52. The highest BCUT2D eigenvalue weighted by Crippen LogP contribution is 2.43. The van der Waals surface area contributed by atoms with Crippen LogP contribution >= 0.6 is 0 Å². The Balaban J connectivity index is 1.78. The number of rotatable bonds is 7. The molecule has 9 heteroatoms. The van der Waals surface area contributed by atoms with Gasteiger partial charge in [-0.25, -0.2) is 12.8 Å². The van der Waals surface area contributed by atoms with E-state index in [2.05, 4.69) is 10.3 Å². The molecule has 0 radical (unpaired) electrons. The van der Waals surface area contributed by atoms with Gasteiger partial charge in [0.1, 0.15) is 17.2 Å². The average Bonchev–Trinajstić information content (AvgIpc) is 2.65. The maximum absolute atomic E-state index is 13.9. The molecule has 1 aromatic carbocycles. The third-order valence-corrected chi connectivity index (χ3v) is 6.14. The summed E-state index contributed by atoms with van der Waals surface area (Å²) >= 11 is 0. The first-order chi connectivity index (χ1) is 14.0. The van der Waals surface area contributed by atoms with Gasteiger partial charge in [0.2, 0.25) is 15.9 Å². The standard InChI is InChI=1S/C21H26FN3O4S/c1-21(2)13-18(17-12-15(22)7-8-19(17)29-21)25(30(3,27)28)14-20(26)24-11-9-16-6-4-5-10-23-16/h4-8,10,12,18H,9,11,13-14H2,1-3H3,(H,24,26). The molecule has 7 nitrogen and oxygen atoms in total. The highest BCUT2D eigenvalue weighted by atomic mass is 32.2. The first-order valence-electron chi connectivity index (χ1n) is 9.67. The molecule has 0 saturated carbocycles. The number of carbonyl (C=O) groups is 1. The maximum atomic E-state index is 13.9. The van der Waals surface area contributed by atoms with E-state index in [0.717, 1.165) is 16.3 Å². The first-order valence-corrected chi connectivity index (χ1v) is 11.5. The van der Waals surface area contributed by atoms with Gasteiger partial charge in [0.05, 0.1) is 18.8 Å². The molecule has 2 aromatic rings. The van der Waals surface area contributed by atoms with Crippen LogP contribution in [0, 0.1) is 5.82 Å². The van der Waals surface area contributed by atoms with Gasteiger partial charge in [-0.1, -0.05) is 6.07 Å². The molecule has 1 aliphatic heterocycles. The molecule has 1 amide bonds. The Bertz CT molecular complexity index is 1010. The fraction of sp³-hybridized carbons (Fsp3) is 0.429. The van der Waals surface area contributed by atoms with Crippen LogP contribution in [0.4, 0.5) is 4.39 Å². The van der Waals surface area contributed by atoms with Crippen molar-refractivity contribution in [1.29, 1.82) is 0 Å². The fourth-order valence-electron chi connectivity index (χ4n) is 3.58. The molecule has 1 aromatic heterocycles. The van der Waals surface area contributed by atoms with Crippen molar-refractivity contribution in [3.8, 4) is 5.75 Å². The SMILES string of the molecule is CC1(C)CC(N(CC(=O)NCCc2ccccn2)S(C)(=O)=O)c2cc(F)ccc2O1. The molecule has 1 aliphatic rings. The van der Waals surface area contributed by atoms with Gasteiger partial charge in [0, 0.05) is 36.8 Å². The van der Waals surface area contributed by atoms with E-state index < -0.39 is 33.4 Å². The molecule has 0 bridgehead atoms. The Morgan fingerprint density at radius 2 is 2.10 bits per heavy atom. The van der Waals surface area contributed by atoms with Gasteiger partial charge in [0.15, 0.2) is 0 Å². The second kappa shape index (κ2) is 8.69. The number of carbonyl (C=O) groups excluding carboxylic acids is 1. The van der Waals surface area contributed by atoms with E-state index in [0.29, 0.717) is 24.3 Å². The van der Waals surface area contributed by atoms with E-state index in [9.17, 15) is 17.6 Å². The van der Waals surface area contributed by atoms with Crippen molar-refractivity contribution in [3.05, 3.63) is 59.7 Å². The number of ether oxygens (including phenoxy) is 1. The van der Waals surface area contributed by atoms with Gasteiger partial charge in [-0.3, -0.25) is 9.78 Å². The van der Waals surface area contributed by atoms with E-state index in [4.69, 9.17) is 4.74 Å². The number of fused-ring (bicyclic) bond motifs is 1. The van der Waals surface area contributed by atoms with Crippen LogP contribution in [0.3, 0.4) is 0 Å². The molecule has 30 heavy (non-hydrogen) atoms. The molecule has 0 fully saturated rings. The van der Waals surface area contributed by atoms with Crippen LogP contribution in [0.2, 0.25) is 0 Å². The van der Waals surface area contributed by atoms with Crippen LogP contribution in [0.15, 0.2) is 42.6 Å². The minimum absolute atomic E-state index is 0.289. The maximum Gasteiger partial charge on any atom is 0.235 e. The molecule has 3 rings (SSSR count). The minimum Gasteiger partial charge on any atom is -0.487 e. The van der Waals surface area contributed by atoms with Crippen LogP contribution in [0.1, 0.15) is 37.6 Å². The summed E-state index contributed by atoms with van der Waals surface area (Å²) < 4.78 is 46.0. The number of nitrogens with one attached hydrogen (secondary N) is 1. The summed E-state index contributed by atoms with van der Waals surface area (Å²) in [5, 5.41) is 2.74. The van der Waals surface area contributed by atoms with Crippen LogP contribution < -0.4 is 10.1 Å². The van der Waals surface area contributed by atoms with E-state index >= 15 is 0 Å². The van der Waals surface area contributed by atoms with Crippen LogP contribution in [-0.4, -0.2) is 48.6 Å². The number of aromatic nitrogens is 1. The van der Waals surface area contributed by atoms with Gasteiger partial charge >= 0.3 is 0 Å². The number of amides is 1. The molecule has 1 unspecified atom stereocenters. The van der Waals surface area contributed by atoms with Gasteiger partial charge < -0.3 is 10.1 Å². The lowest BCUT2D eigenvalue weighted by atomic mass is 9.89. The molecule has 1 atom stereocenters. The Labute approximate surface area is 176 Å². The predicted octanol–water partition coefficient (Wildman–Crippen LogP) is 2.44. The van der Waals surface area contributed by atoms with Gasteiger partial charge in [-0.15, -0.1) is 0 Å². The zero-order valence-corrected chi connectivity index (χ0v) is 18.1. The van der Waals surface area contributed by atoms with Gasteiger partial charge in [-0.05, 0) is 44.2 Å². The van der Waals surface area contributed by atoms with Crippen molar-refractivity contribution in [3.63, 3.8) is 0 Å². The quantitative estimate of drug-likeness (QED) is 0.722. The summed E-state index contributed by atoms with van der Waals surface area (Å²) in [5.74, 6) is -0.504. The average molecular weight is 436 g/mol. The van der Waals surface area contributed by atoms with Crippen LogP contribution in [-0.2, 0) is 21.2 Å². The number of halogens is 1. The molecular weight excluding hydrogens is 409 g/mol. The second-order valence-electron chi connectivity index (χ2n) is 7.99. The lowest BCUT2D eigenvalue weighted by Gasteiger charge is -2.41. The lowest BCUT2D eigenvalue weighted by molar-refractivity contribution is -0.121. The minimum atomic E-state index is -3.76. The number of sulfonamides is 1. The smallest absolute Gasteiger partial charge is 0.235 e. The summed E-state index contributed by atoms with van der Waals surface area (Å²) in [7, 11) is -3.76. The molecule has 0 saturated heterocycles. The van der Waals surface area contributed by atoms with Crippen molar-refractivity contribution in [2.24, 2.45) is 0 Å². The van der Waals surface area contributed by atoms with Gasteiger partial charge in [0.25, 0.3) is 0 Å². The zero-order valence-electron chi connectivity index (χ0n) is 17.3. The normalized spacial score (nSPS) is 17.8. The molecule has 2 heterocycles. The fourth-order valence-corrected chi connectivity index (χ4v) is 4.58. The summed E-state index contributed by atoms with van der Waals surface area (Å²) in [6, 6.07) is 8.84. The molecule has 0 aliphatic carbocycles. The highest BCUT2D eigenvalue weighted by molar-refractivity contribution is 7.88. The predicted molar refractivity (Wildman–Crippen MR) is 111 cm³/mol. The van der Waals surface area contributed by atoms with Crippen molar-refractivity contribution < 1.29 is 22.3 Å². The number of nitrogens with zero attached hydrogens (tertiary/aromatic N) is 2. The highest BCUT2D eigenvalue weighted by Gasteiger charge is 2.40. The Kier molecular flexibility index (Phi) is 6.42. The number of hydrogen-bond donors (Lipinski definition) is 1. The first kappa shape index (κ1) is 22.2. The number of pyridine rings is 1. The molecular formula is C21H26FN3O4S. The summed E-state index contributed by atoms with van der Waals surface area (Å²) in [6.45, 7) is 3.63. The van der Waals surface area contributed by atoms with Crippen molar-refractivity contribution in [1.82, 2.24) is 14.6 Å². The van der Waals surface area contributed by atoms with Crippen LogP contribution in [0.5, 0.6) is 5.75 Å². The second-order valence-corrected chi connectivity index (χ2v) is 9.93. The van der Waals surface area contributed by atoms with Crippen molar-refractivity contribution in [2.45, 2.75) is 38.3 Å². The van der Waals surface area contributed by atoms with E-state index in [1.165, 1.54) is 18.2 Å². The summed E-state index contributed by atoms with van der Waals surface area (Å²) in [6.07, 6.45) is 3.54. The van der Waals surface area contributed by atoms with Crippen molar-refractivity contribution >= 4 is 15.9 Å². The third-order valence-electron chi connectivity index (χ3n) is 4.90. The zero-order chi connectivity index (χ0) is 21.9. The lowest BCUT2D eigenvalue weighted by Crippen LogP contribution is -2.47. The number of hydrogen-bond acceptors (Lipinski definition) is 5. The molecule has 162 valence electrons. The van der Waals surface area contributed by atoms with E-state index in [1.807, 2.05) is 32.0 Å². The summed E-state index contributed by atoms with van der Waals surface area (Å²) in [5.41, 5.74) is 0.572. The largest absolute Gasteiger partial charge is 0.487 e. The van der Waals surface area contributed by atoms with E-state index in [-0.39, 0.29) is 13.0 Å².